The fourth-order valence-electron chi connectivity index (χ4n) is 3.78. The molecule has 3 nitrogen and oxygen atoms in total. The van der Waals surface area contributed by atoms with Crippen molar-refractivity contribution in [2.75, 3.05) is 27.2 Å². The Hall–Kier alpha value is -1.06. The fourth-order valence-corrected chi connectivity index (χ4v) is 3.78. The number of nitrogens with one attached hydrogen (secondary N) is 1. The van der Waals surface area contributed by atoms with Crippen molar-refractivity contribution in [3.63, 3.8) is 0 Å². The van der Waals surface area contributed by atoms with E-state index in [4.69, 9.17) is 4.74 Å². The number of likely N-dealkylation sites (N-methyl/N-ethyl adjacent to an activating group) is 1. The molecular weight excluding hydrogens is 260 g/mol. The highest BCUT2D eigenvalue weighted by atomic mass is 16.5. The third-order valence-corrected chi connectivity index (χ3v) is 5.27. The Morgan fingerprint density at radius 2 is 2.00 bits per heavy atom. The summed E-state index contributed by atoms with van der Waals surface area (Å²) in [5, 5.41) is 3.70. The van der Waals surface area contributed by atoms with Crippen LogP contribution in [-0.2, 0) is 13.0 Å². The predicted octanol–water partition coefficient (Wildman–Crippen LogP) is 2.98. The van der Waals surface area contributed by atoms with Gasteiger partial charge in [0.2, 0.25) is 0 Å². The number of hydrogen-bond acceptors (Lipinski definition) is 3. The molecule has 2 aliphatic rings. The Labute approximate surface area is 128 Å². The van der Waals surface area contributed by atoms with Crippen LogP contribution in [0.1, 0.15) is 43.2 Å². The number of rotatable bonds is 5. The Morgan fingerprint density at radius 3 is 2.76 bits per heavy atom. The van der Waals surface area contributed by atoms with E-state index in [2.05, 4.69) is 42.5 Å². The van der Waals surface area contributed by atoms with Gasteiger partial charge in [-0.1, -0.05) is 31.4 Å². The highest BCUT2D eigenvalue weighted by Crippen LogP contribution is 2.32. The van der Waals surface area contributed by atoms with Crippen LogP contribution in [0.15, 0.2) is 18.2 Å². The van der Waals surface area contributed by atoms with E-state index < -0.39 is 0 Å². The molecule has 0 amide bonds. The molecule has 0 spiro atoms. The largest absolute Gasteiger partial charge is 0.493 e. The molecule has 1 saturated carbocycles. The highest BCUT2D eigenvalue weighted by Gasteiger charge is 2.33. The molecule has 1 N–H and O–H groups in total. The second-order valence-electron chi connectivity index (χ2n) is 6.82. The molecule has 1 fully saturated rings. The van der Waals surface area contributed by atoms with Crippen molar-refractivity contribution in [2.45, 2.75) is 50.6 Å². The zero-order valence-electron chi connectivity index (χ0n) is 13.5. The van der Waals surface area contributed by atoms with Crippen LogP contribution in [0.3, 0.4) is 0 Å². The predicted molar refractivity (Wildman–Crippen MR) is 86.9 cm³/mol. The first-order valence-electron chi connectivity index (χ1n) is 8.32. The molecule has 21 heavy (non-hydrogen) atoms. The lowest BCUT2D eigenvalue weighted by Gasteiger charge is -2.43. The van der Waals surface area contributed by atoms with Crippen LogP contribution in [0.4, 0.5) is 0 Å². The first-order chi connectivity index (χ1) is 10.2. The molecule has 1 aromatic carbocycles. The minimum Gasteiger partial charge on any atom is -0.493 e. The van der Waals surface area contributed by atoms with Gasteiger partial charge in [0.25, 0.3) is 0 Å². The fraction of sp³-hybridized carbons (Fsp3) is 0.667. The van der Waals surface area contributed by atoms with Gasteiger partial charge in [0.1, 0.15) is 5.75 Å². The summed E-state index contributed by atoms with van der Waals surface area (Å²) in [4.78, 5) is 2.44. The van der Waals surface area contributed by atoms with Crippen LogP contribution in [-0.4, -0.2) is 37.7 Å². The second kappa shape index (κ2) is 6.37. The van der Waals surface area contributed by atoms with Gasteiger partial charge >= 0.3 is 0 Å². The Morgan fingerprint density at radius 1 is 1.19 bits per heavy atom. The highest BCUT2D eigenvalue weighted by molar-refractivity contribution is 5.39. The number of hydrogen-bond donors (Lipinski definition) is 1. The van der Waals surface area contributed by atoms with E-state index >= 15 is 0 Å². The second-order valence-corrected chi connectivity index (χ2v) is 6.82. The Balaban J connectivity index is 1.57. The third-order valence-electron chi connectivity index (χ3n) is 5.27. The first kappa shape index (κ1) is 14.9. The summed E-state index contributed by atoms with van der Waals surface area (Å²) in [5.74, 6) is 1.08. The maximum atomic E-state index is 5.57. The lowest BCUT2D eigenvalue weighted by molar-refractivity contribution is 0.0984. The normalized spacial score (nSPS) is 20.3. The van der Waals surface area contributed by atoms with Crippen LogP contribution >= 0.6 is 0 Å². The molecule has 116 valence electrons. The zero-order chi connectivity index (χ0) is 14.7. The summed E-state index contributed by atoms with van der Waals surface area (Å²) in [6.07, 6.45) is 7.85. The van der Waals surface area contributed by atoms with Crippen molar-refractivity contribution in [1.82, 2.24) is 10.2 Å². The average molecular weight is 288 g/mol. The summed E-state index contributed by atoms with van der Waals surface area (Å²) in [5.41, 5.74) is 3.11. The van der Waals surface area contributed by atoms with Crippen LogP contribution in [0, 0.1) is 0 Å². The van der Waals surface area contributed by atoms with E-state index in [0.29, 0.717) is 5.54 Å². The Bertz CT molecular complexity index is 478. The molecule has 1 aliphatic heterocycles. The summed E-state index contributed by atoms with van der Waals surface area (Å²) in [7, 11) is 4.47. The van der Waals surface area contributed by atoms with Gasteiger partial charge in [-0.3, -0.25) is 0 Å². The molecule has 0 atom stereocenters. The number of fused-ring (bicyclic) bond motifs is 1. The SMILES string of the molecule is CN(C)C1(CNCc2ccc3c(c2)CCO3)CCCCC1. The standard InChI is InChI=1S/C18H28N2O/c1-20(2)18(9-4-3-5-10-18)14-19-13-15-6-7-17-16(12-15)8-11-21-17/h6-7,12,19H,3-5,8-11,13-14H2,1-2H3. The van der Waals surface area contributed by atoms with Crippen molar-refractivity contribution >= 4 is 0 Å². The van der Waals surface area contributed by atoms with Gasteiger partial charge in [-0.25, -0.2) is 0 Å². The third kappa shape index (κ3) is 3.24. The minimum absolute atomic E-state index is 0.359. The lowest BCUT2D eigenvalue weighted by atomic mass is 9.80. The molecule has 1 aromatic rings. The topological polar surface area (TPSA) is 24.5 Å². The van der Waals surface area contributed by atoms with E-state index in [9.17, 15) is 0 Å². The van der Waals surface area contributed by atoms with Gasteiger partial charge in [-0.05, 0) is 44.1 Å². The monoisotopic (exact) mass is 288 g/mol. The summed E-state index contributed by atoms with van der Waals surface area (Å²) in [6.45, 7) is 2.90. The van der Waals surface area contributed by atoms with Gasteiger partial charge in [-0.15, -0.1) is 0 Å². The van der Waals surface area contributed by atoms with E-state index in [1.165, 1.54) is 43.2 Å². The molecule has 1 aliphatic carbocycles. The quantitative estimate of drug-likeness (QED) is 0.901. The molecule has 3 rings (SSSR count). The number of nitrogens with zero attached hydrogens (tertiary/aromatic N) is 1. The van der Waals surface area contributed by atoms with E-state index in [1.807, 2.05) is 0 Å². The average Bonchev–Trinajstić information content (AvgIpc) is 2.95. The van der Waals surface area contributed by atoms with Gasteiger partial charge in [0, 0.05) is 25.0 Å². The van der Waals surface area contributed by atoms with Crippen molar-refractivity contribution in [1.29, 1.82) is 0 Å². The van der Waals surface area contributed by atoms with Crippen molar-refractivity contribution in [3.8, 4) is 5.75 Å². The first-order valence-corrected chi connectivity index (χ1v) is 8.32. The summed E-state index contributed by atoms with van der Waals surface area (Å²) >= 11 is 0. The molecule has 1 heterocycles. The van der Waals surface area contributed by atoms with Crippen LogP contribution < -0.4 is 10.1 Å². The molecule has 3 heteroatoms. The number of benzene rings is 1. The minimum atomic E-state index is 0.359. The van der Waals surface area contributed by atoms with Crippen molar-refractivity contribution in [3.05, 3.63) is 29.3 Å². The van der Waals surface area contributed by atoms with Gasteiger partial charge in [-0.2, -0.15) is 0 Å². The number of ether oxygens (including phenoxy) is 1. The van der Waals surface area contributed by atoms with Crippen molar-refractivity contribution in [2.24, 2.45) is 0 Å². The molecule has 0 bridgehead atoms. The van der Waals surface area contributed by atoms with E-state index in [-0.39, 0.29) is 0 Å². The van der Waals surface area contributed by atoms with Crippen LogP contribution in [0.25, 0.3) is 0 Å². The van der Waals surface area contributed by atoms with E-state index in [0.717, 1.165) is 31.9 Å². The summed E-state index contributed by atoms with van der Waals surface area (Å²) in [6, 6.07) is 6.63. The van der Waals surface area contributed by atoms with Crippen molar-refractivity contribution < 1.29 is 4.74 Å². The Kier molecular flexibility index (Phi) is 4.51. The van der Waals surface area contributed by atoms with Gasteiger partial charge < -0.3 is 15.0 Å². The maximum Gasteiger partial charge on any atom is 0.122 e. The van der Waals surface area contributed by atoms with E-state index in [1.54, 1.807) is 0 Å². The molecule has 0 radical (unpaired) electrons. The molecule has 0 saturated heterocycles. The van der Waals surface area contributed by atoms with Crippen LogP contribution in [0.5, 0.6) is 5.75 Å². The molecule has 0 unspecified atom stereocenters. The zero-order valence-corrected chi connectivity index (χ0v) is 13.5. The van der Waals surface area contributed by atoms with Crippen LogP contribution in [0.2, 0.25) is 0 Å². The smallest absolute Gasteiger partial charge is 0.122 e. The molecular formula is C18H28N2O. The van der Waals surface area contributed by atoms with Gasteiger partial charge in [0.15, 0.2) is 0 Å². The molecule has 0 aromatic heterocycles. The lowest BCUT2D eigenvalue weighted by Crippen LogP contribution is -2.52. The van der Waals surface area contributed by atoms with Gasteiger partial charge in [0.05, 0.1) is 6.61 Å². The summed E-state index contributed by atoms with van der Waals surface area (Å²) < 4.78 is 5.57. The maximum absolute atomic E-state index is 5.57.